The molecule has 0 bridgehead atoms. The molecule has 0 atom stereocenters. The van der Waals surface area contributed by atoms with Gasteiger partial charge in [0.15, 0.2) is 0 Å². The number of alkyl halides is 1. The Morgan fingerprint density at radius 1 is 1.47 bits per heavy atom. The third-order valence-corrected chi connectivity index (χ3v) is 3.14. The SMILES string of the molecule is O=c1cc2c(c(Cl)n1CCCCCl)CO2. The van der Waals surface area contributed by atoms with Crippen LogP contribution < -0.4 is 10.3 Å². The Balaban J connectivity index is 2.23. The molecule has 0 spiro atoms. The molecule has 0 saturated heterocycles. The molecule has 0 unspecified atom stereocenters. The summed E-state index contributed by atoms with van der Waals surface area (Å²) >= 11 is 11.7. The van der Waals surface area contributed by atoms with Gasteiger partial charge < -0.3 is 4.74 Å². The first-order valence-corrected chi connectivity index (χ1v) is 5.76. The van der Waals surface area contributed by atoms with Gasteiger partial charge in [0.05, 0.1) is 5.56 Å². The molecule has 0 saturated carbocycles. The van der Waals surface area contributed by atoms with Gasteiger partial charge in [0.25, 0.3) is 5.56 Å². The summed E-state index contributed by atoms with van der Waals surface area (Å²) in [6, 6.07) is 1.49. The molecule has 0 aliphatic carbocycles. The second-order valence-electron chi connectivity index (χ2n) is 3.45. The number of aromatic nitrogens is 1. The number of nitrogens with zero attached hydrogens (tertiary/aromatic N) is 1. The predicted molar refractivity (Wildman–Crippen MR) is 60.0 cm³/mol. The van der Waals surface area contributed by atoms with Gasteiger partial charge in [-0.3, -0.25) is 9.36 Å². The van der Waals surface area contributed by atoms with E-state index in [9.17, 15) is 4.79 Å². The quantitative estimate of drug-likeness (QED) is 0.465. The molecule has 3 nitrogen and oxygen atoms in total. The molecule has 2 heterocycles. The Labute approximate surface area is 97.6 Å². The van der Waals surface area contributed by atoms with Gasteiger partial charge in [-0.25, -0.2) is 0 Å². The molecule has 0 aromatic carbocycles. The van der Waals surface area contributed by atoms with Gasteiger partial charge in [-0.1, -0.05) is 11.6 Å². The van der Waals surface area contributed by atoms with Crippen molar-refractivity contribution in [1.29, 1.82) is 0 Å². The highest BCUT2D eigenvalue weighted by atomic mass is 35.5. The molecule has 2 rings (SSSR count). The minimum atomic E-state index is -0.104. The lowest BCUT2D eigenvalue weighted by Crippen LogP contribution is -2.26. The molecule has 1 aliphatic heterocycles. The summed E-state index contributed by atoms with van der Waals surface area (Å²) in [5.74, 6) is 1.24. The van der Waals surface area contributed by atoms with Crippen LogP contribution in [0.15, 0.2) is 10.9 Å². The fraction of sp³-hybridized carbons (Fsp3) is 0.500. The maximum Gasteiger partial charge on any atom is 0.255 e. The fourth-order valence-electron chi connectivity index (χ4n) is 1.54. The van der Waals surface area contributed by atoms with Crippen LogP contribution in [0.25, 0.3) is 0 Å². The monoisotopic (exact) mass is 247 g/mol. The average molecular weight is 248 g/mol. The molecule has 0 fully saturated rings. The van der Waals surface area contributed by atoms with Crippen molar-refractivity contribution >= 4 is 23.2 Å². The summed E-state index contributed by atoms with van der Waals surface area (Å²) in [6.45, 7) is 1.13. The van der Waals surface area contributed by atoms with Gasteiger partial charge in [0, 0.05) is 18.5 Å². The number of unbranched alkanes of at least 4 members (excludes halogenated alkanes) is 1. The second kappa shape index (κ2) is 4.45. The van der Waals surface area contributed by atoms with Crippen LogP contribution in [0.2, 0.25) is 5.15 Å². The first kappa shape index (κ1) is 10.8. The minimum absolute atomic E-state index is 0.104. The Morgan fingerprint density at radius 3 is 2.87 bits per heavy atom. The molecule has 0 N–H and O–H groups in total. The van der Waals surface area contributed by atoms with Gasteiger partial charge >= 0.3 is 0 Å². The highest BCUT2D eigenvalue weighted by molar-refractivity contribution is 6.30. The number of hydrogen-bond donors (Lipinski definition) is 0. The van der Waals surface area contributed by atoms with E-state index >= 15 is 0 Å². The van der Waals surface area contributed by atoms with Crippen LogP contribution in [0.3, 0.4) is 0 Å². The molecule has 1 aliphatic rings. The zero-order chi connectivity index (χ0) is 10.8. The lowest BCUT2D eigenvalue weighted by molar-refractivity contribution is 0.239. The molecule has 15 heavy (non-hydrogen) atoms. The average Bonchev–Trinajstić information content (AvgIpc) is 2.17. The topological polar surface area (TPSA) is 31.2 Å². The molecular formula is C10H11Cl2NO2. The van der Waals surface area contributed by atoms with E-state index in [1.807, 2.05) is 0 Å². The van der Waals surface area contributed by atoms with Crippen LogP contribution in [0.1, 0.15) is 18.4 Å². The van der Waals surface area contributed by atoms with Crippen LogP contribution >= 0.6 is 23.2 Å². The first-order valence-electron chi connectivity index (χ1n) is 4.85. The Kier molecular flexibility index (Phi) is 3.22. The standard InChI is InChI=1S/C10H11Cl2NO2/c11-3-1-2-4-13-9(14)5-8-7(6-15-8)10(13)12/h5H,1-4,6H2. The Hall–Kier alpha value is -0.670. The van der Waals surface area contributed by atoms with Gasteiger partial charge in [0.2, 0.25) is 0 Å². The summed E-state index contributed by atoms with van der Waals surface area (Å²) in [4.78, 5) is 11.6. The van der Waals surface area contributed by atoms with Crippen LogP contribution in [0, 0.1) is 0 Å². The maximum absolute atomic E-state index is 11.6. The van der Waals surface area contributed by atoms with Gasteiger partial charge in [0.1, 0.15) is 17.5 Å². The smallest absolute Gasteiger partial charge is 0.255 e. The summed E-state index contributed by atoms with van der Waals surface area (Å²) in [6.07, 6.45) is 1.75. The molecule has 0 radical (unpaired) electrons. The van der Waals surface area contributed by atoms with E-state index in [1.165, 1.54) is 6.07 Å². The highest BCUT2D eigenvalue weighted by Gasteiger charge is 2.22. The number of halogens is 2. The van der Waals surface area contributed by atoms with Crippen LogP contribution in [-0.4, -0.2) is 10.4 Å². The highest BCUT2D eigenvalue weighted by Crippen LogP contribution is 2.32. The fourth-order valence-corrected chi connectivity index (χ4v) is 2.04. The molecule has 5 heteroatoms. The molecule has 0 amide bonds. The van der Waals surface area contributed by atoms with E-state index in [0.29, 0.717) is 29.9 Å². The van der Waals surface area contributed by atoms with E-state index in [2.05, 4.69) is 0 Å². The zero-order valence-corrected chi connectivity index (χ0v) is 9.64. The van der Waals surface area contributed by atoms with Crippen molar-refractivity contribution in [2.24, 2.45) is 0 Å². The number of fused-ring (bicyclic) bond motifs is 1. The molecular weight excluding hydrogens is 237 g/mol. The lowest BCUT2D eigenvalue weighted by Gasteiger charge is -2.23. The van der Waals surface area contributed by atoms with Crippen molar-refractivity contribution in [1.82, 2.24) is 4.57 Å². The van der Waals surface area contributed by atoms with Crippen LogP contribution in [0.4, 0.5) is 0 Å². The van der Waals surface area contributed by atoms with Gasteiger partial charge in [-0.05, 0) is 12.8 Å². The lowest BCUT2D eigenvalue weighted by atomic mass is 10.2. The molecule has 82 valence electrons. The normalized spacial score (nSPS) is 12.9. The van der Waals surface area contributed by atoms with Crippen molar-refractivity contribution in [2.45, 2.75) is 26.0 Å². The Morgan fingerprint density at radius 2 is 2.27 bits per heavy atom. The zero-order valence-electron chi connectivity index (χ0n) is 8.13. The van der Waals surface area contributed by atoms with E-state index in [4.69, 9.17) is 27.9 Å². The predicted octanol–water partition coefficient (Wildman–Crippen LogP) is 2.41. The van der Waals surface area contributed by atoms with Crippen molar-refractivity contribution in [3.63, 3.8) is 0 Å². The van der Waals surface area contributed by atoms with Crippen LogP contribution in [-0.2, 0) is 13.2 Å². The first-order chi connectivity index (χ1) is 7.24. The number of pyridine rings is 1. The van der Waals surface area contributed by atoms with Crippen LogP contribution in [0.5, 0.6) is 5.75 Å². The van der Waals surface area contributed by atoms with Crippen molar-refractivity contribution < 1.29 is 4.74 Å². The number of hydrogen-bond acceptors (Lipinski definition) is 2. The molecule has 1 aromatic rings. The third kappa shape index (κ3) is 1.99. The molecule has 1 aromatic heterocycles. The minimum Gasteiger partial charge on any atom is -0.488 e. The summed E-state index contributed by atoms with van der Waals surface area (Å²) in [5.41, 5.74) is 0.829. The van der Waals surface area contributed by atoms with E-state index < -0.39 is 0 Å². The number of rotatable bonds is 4. The summed E-state index contributed by atoms with van der Waals surface area (Å²) in [5, 5.41) is 0.512. The van der Waals surface area contributed by atoms with E-state index in [0.717, 1.165) is 18.4 Å². The number of ether oxygens (including phenoxy) is 1. The van der Waals surface area contributed by atoms with E-state index in [-0.39, 0.29) is 5.56 Å². The van der Waals surface area contributed by atoms with Crippen molar-refractivity contribution in [3.8, 4) is 5.75 Å². The summed E-state index contributed by atoms with van der Waals surface area (Å²) < 4.78 is 6.68. The maximum atomic E-state index is 11.6. The van der Waals surface area contributed by atoms with Gasteiger partial charge in [-0.15, -0.1) is 11.6 Å². The van der Waals surface area contributed by atoms with E-state index in [1.54, 1.807) is 4.57 Å². The van der Waals surface area contributed by atoms with Crippen molar-refractivity contribution in [2.75, 3.05) is 5.88 Å². The Bertz CT molecular complexity index is 428. The third-order valence-electron chi connectivity index (χ3n) is 2.44. The van der Waals surface area contributed by atoms with Gasteiger partial charge in [-0.2, -0.15) is 0 Å². The van der Waals surface area contributed by atoms with Crippen molar-refractivity contribution in [3.05, 3.63) is 27.1 Å². The largest absolute Gasteiger partial charge is 0.488 e. The summed E-state index contributed by atoms with van der Waals surface area (Å²) in [7, 11) is 0. The second-order valence-corrected chi connectivity index (χ2v) is 4.19.